The molecule has 1 rings (SSSR count). The summed E-state index contributed by atoms with van der Waals surface area (Å²) in [7, 11) is 0. The first-order valence-electron chi connectivity index (χ1n) is 4.76. The average molecular weight is 210 g/mol. The highest BCUT2D eigenvalue weighted by molar-refractivity contribution is 5.94. The molecular weight excluding hydrogens is 196 g/mol. The van der Waals surface area contributed by atoms with Crippen LogP contribution in [-0.2, 0) is 4.74 Å². The van der Waals surface area contributed by atoms with Crippen molar-refractivity contribution in [1.82, 2.24) is 4.98 Å². The van der Waals surface area contributed by atoms with Crippen LogP contribution in [0.3, 0.4) is 0 Å². The molecule has 0 aromatic carbocycles. The minimum atomic E-state index is -0.411. The first-order chi connectivity index (χ1) is 7.29. The minimum absolute atomic E-state index is 0.0150. The molecule has 2 N–H and O–H groups in total. The van der Waals surface area contributed by atoms with Crippen molar-refractivity contribution in [3.05, 3.63) is 23.9 Å². The fraction of sp³-hybridized carbons (Fsp3) is 0.400. The van der Waals surface area contributed by atoms with Gasteiger partial charge in [0.25, 0.3) is 0 Å². The van der Waals surface area contributed by atoms with Gasteiger partial charge in [-0.2, -0.15) is 0 Å². The monoisotopic (exact) mass is 210 g/mol. The van der Waals surface area contributed by atoms with E-state index in [-0.39, 0.29) is 6.61 Å². The topological polar surface area (TPSA) is 71.5 Å². The van der Waals surface area contributed by atoms with E-state index in [1.54, 1.807) is 25.3 Å². The Labute approximate surface area is 88.1 Å². The molecule has 0 atom stereocenters. The van der Waals surface area contributed by atoms with E-state index in [0.29, 0.717) is 24.5 Å². The molecule has 1 aromatic rings. The molecule has 15 heavy (non-hydrogen) atoms. The van der Waals surface area contributed by atoms with Crippen LogP contribution >= 0.6 is 0 Å². The Morgan fingerprint density at radius 2 is 2.47 bits per heavy atom. The largest absolute Gasteiger partial charge is 0.462 e. The van der Waals surface area contributed by atoms with Crippen LogP contribution in [0.1, 0.15) is 17.3 Å². The number of anilines is 1. The minimum Gasteiger partial charge on any atom is -0.462 e. The molecule has 0 fully saturated rings. The summed E-state index contributed by atoms with van der Waals surface area (Å²) in [6.07, 6.45) is 1.57. The van der Waals surface area contributed by atoms with Crippen molar-refractivity contribution in [2.75, 3.05) is 25.1 Å². The molecule has 5 nitrogen and oxygen atoms in total. The predicted octanol–water partition coefficient (Wildman–Crippen LogP) is 0.662. The van der Waals surface area contributed by atoms with Gasteiger partial charge in [0.05, 0.1) is 13.2 Å². The van der Waals surface area contributed by atoms with E-state index in [1.165, 1.54) is 0 Å². The van der Waals surface area contributed by atoms with Gasteiger partial charge in [-0.15, -0.1) is 0 Å². The molecule has 0 aliphatic carbocycles. The van der Waals surface area contributed by atoms with Crippen LogP contribution in [0, 0.1) is 0 Å². The molecular formula is C10H14N2O3. The van der Waals surface area contributed by atoms with Gasteiger partial charge < -0.3 is 15.2 Å². The number of aliphatic hydroxyl groups is 1. The molecule has 1 heterocycles. The maximum atomic E-state index is 11.5. The Balaban J connectivity index is 2.80. The van der Waals surface area contributed by atoms with Crippen molar-refractivity contribution in [2.45, 2.75) is 6.92 Å². The van der Waals surface area contributed by atoms with E-state index in [1.807, 2.05) is 0 Å². The van der Waals surface area contributed by atoms with Crippen LogP contribution in [0.4, 0.5) is 5.82 Å². The number of ether oxygens (including phenoxy) is 1. The second kappa shape index (κ2) is 5.98. The highest BCUT2D eigenvalue weighted by Crippen LogP contribution is 2.12. The van der Waals surface area contributed by atoms with E-state index >= 15 is 0 Å². The number of hydrogen-bond acceptors (Lipinski definition) is 5. The lowest BCUT2D eigenvalue weighted by molar-refractivity contribution is 0.0527. The van der Waals surface area contributed by atoms with E-state index in [4.69, 9.17) is 9.84 Å². The Bertz CT molecular complexity index is 328. The van der Waals surface area contributed by atoms with Crippen molar-refractivity contribution in [3.63, 3.8) is 0 Å². The third kappa shape index (κ3) is 3.21. The normalized spacial score (nSPS) is 9.73. The maximum Gasteiger partial charge on any atom is 0.341 e. The summed E-state index contributed by atoms with van der Waals surface area (Å²) in [5.74, 6) is 0.0241. The summed E-state index contributed by atoms with van der Waals surface area (Å²) in [6, 6.07) is 3.29. The summed E-state index contributed by atoms with van der Waals surface area (Å²) in [6.45, 7) is 2.41. The van der Waals surface area contributed by atoms with Crippen molar-refractivity contribution in [1.29, 1.82) is 0 Å². The van der Waals surface area contributed by atoms with Crippen LogP contribution < -0.4 is 5.32 Å². The number of aromatic nitrogens is 1. The van der Waals surface area contributed by atoms with Crippen LogP contribution in [0.25, 0.3) is 0 Å². The number of hydrogen-bond donors (Lipinski definition) is 2. The third-order valence-corrected chi connectivity index (χ3v) is 1.71. The first kappa shape index (κ1) is 11.5. The summed E-state index contributed by atoms with van der Waals surface area (Å²) in [4.78, 5) is 15.5. The highest BCUT2D eigenvalue weighted by atomic mass is 16.5. The summed E-state index contributed by atoms with van der Waals surface area (Å²) in [5.41, 5.74) is 0.382. The number of carbonyl (C=O) groups excluding carboxylic acids is 1. The van der Waals surface area contributed by atoms with Crippen molar-refractivity contribution < 1.29 is 14.6 Å². The molecule has 0 aliphatic heterocycles. The lowest BCUT2D eigenvalue weighted by atomic mass is 10.2. The van der Waals surface area contributed by atoms with Crippen LogP contribution in [0.2, 0.25) is 0 Å². The molecule has 82 valence electrons. The molecule has 5 heteroatoms. The van der Waals surface area contributed by atoms with Crippen LogP contribution in [0.15, 0.2) is 18.3 Å². The standard InChI is InChI=1S/C10H14N2O3/c1-2-15-10(14)8-4-3-5-11-9(8)12-6-7-13/h3-5,13H,2,6-7H2,1H3,(H,11,12). The molecule has 0 aliphatic rings. The van der Waals surface area contributed by atoms with Crippen molar-refractivity contribution in [2.24, 2.45) is 0 Å². The Morgan fingerprint density at radius 1 is 1.67 bits per heavy atom. The first-order valence-corrected chi connectivity index (χ1v) is 4.76. The smallest absolute Gasteiger partial charge is 0.341 e. The number of esters is 1. The second-order valence-corrected chi connectivity index (χ2v) is 2.77. The lowest BCUT2D eigenvalue weighted by Crippen LogP contribution is -2.13. The van der Waals surface area contributed by atoms with E-state index in [0.717, 1.165) is 0 Å². The Morgan fingerprint density at radius 3 is 3.13 bits per heavy atom. The summed E-state index contributed by atoms with van der Waals surface area (Å²) in [5, 5.41) is 11.5. The van der Waals surface area contributed by atoms with Gasteiger partial charge in [0.15, 0.2) is 0 Å². The molecule has 0 bridgehead atoms. The summed E-state index contributed by atoms with van der Waals surface area (Å²) < 4.78 is 4.87. The Hall–Kier alpha value is -1.62. The fourth-order valence-corrected chi connectivity index (χ4v) is 1.09. The molecule has 0 radical (unpaired) electrons. The van der Waals surface area contributed by atoms with Crippen molar-refractivity contribution in [3.8, 4) is 0 Å². The number of aliphatic hydroxyl groups excluding tert-OH is 1. The average Bonchev–Trinajstić information content (AvgIpc) is 2.27. The maximum absolute atomic E-state index is 11.5. The van der Waals surface area contributed by atoms with Crippen LogP contribution in [0.5, 0.6) is 0 Å². The number of rotatable bonds is 5. The van der Waals surface area contributed by atoms with Gasteiger partial charge in [-0.3, -0.25) is 0 Å². The number of pyridine rings is 1. The van der Waals surface area contributed by atoms with Gasteiger partial charge in [0.2, 0.25) is 0 Å². The zero-order chi connectivity index (χ0) is 11.1. The molecule has 0 amide bonds. The predicted molar refractivity (Wildman–Crippen MR) is 55.8 cm³/mol. The SMILES string of the molecule is CCOC(=O)c1cccnc1NCCO. The Kier molecular flexibility index (Phi) is 4.56. The lowest BCUT2D eigenvalue weighted by Gasteiger charge is -2.08. The van der Waals surface area contributed by atoms with E-state index < -0.39 is 5.97 Å². The van der Waals surface area contributed by atoms with E-state index in [9.17, 15) is 4.79 Å². The third-order valence-electron chi connectivity index (χ3n) is 1.71. The van der Waals surface area contributed by atoms with Gasteiger partial charge >= 0.3 is 5.97 Å². The highest BCUT2D eigenvalue weighted by Gasteiger charge is 2.12. The zero-order valence-electron chi connectivity index (χ0n) is 8.56. The van der Waals surface area contributed by atoms with Gasteiger partial charge in [-0.05, 0) is 19.1 Å². The van der Waals surface area contributed by atoms with Gasteiger partial charge in [0.1, 0.15) is 11.4 Å². The van der Waals surface area contributed by atoms with Crippen molar-refractivity contribution >= 4 is 11.8 Å². The second-order valence-electron chi connectivity index (χ2n) is 2.77. The number of nitrogens with one attached hydrogen (secondary N) is 1. The number of carbonyl (C=O) groups is 1. The fourth-order valence-electron chi connectivity index (χ4n) is 1.09. The van der Waals surface area contributed by atoms with E-state index in [2.05, 4.69) is 10.3 Å². The zero-order valence-corrected chi connectivity index (χ0v) is 8.56. The van der Waals surface area contributed by atoms with Crippen LogP contribution in [-0.4, -0.2) is 35.8 Å². The number of nitrogens with zero attached hydrogens (tertiary/aromatic N) is 1. The molecule has 1 aromatic heterocycles. The molecule has 0 unspecified atom stereocenters. The quantitative estimate of drug-likeness (QED) is 0.699. The van der Waals surface area contributed by atoms with Gasteiger partial charge in [-0.25, -0.2) is 9.78 Å². The van der Waals surface area contributed by atoms with Gasteiger partial charge in [0, 0.05) is 12.7 Å². The van der Waals surface area contributed by atoms with Gasteiger partial charge in [-0.1, -0.05) is 0 Å². The molecule has 0 saturated heterocycles. The molecule has 0 saturated carbocycles. The molecule has 0 spiro atoms. The summed E-state index contributed by atoms with van der Waals surface area (Å²) >= 11 is 0.